The van der Waals surface area contributed by atoms with Gasteiger partial charge in [-0.1, -0.05) is 54.6 Å². The molecule has 0 saturated heterocycles. The summed E-state index contributed by atoms with van der Waals surface area (Å²) < 4.78 is 27.3. The van der Waals surface area contributed by atoms with Gasteiger partial charge in [0.1, 0.15) is 0 Å². The lowest BCUT2D eigenvalue weighted by molar-refractivity contribution is 0.0987. The Kier molecular flexibility index (Phi) is 6.01. The summed E-state index contributed by atoms with van der Waals surface area (Å²) in [6.45, 7) is 0.314. The van der Waals surface area contributed by atoms with Crippen LogP contribution in [0.3, 0.4) is 0 Å². The zero-order valence-electron chi connectivity index (χ0n) is 14.7. The fourth-order valence-corrected chi connectivity index (χ4v) is 3.71. The zero-order valence-corrected chi connectivity index (χ0v) is 15.5. The Morgan fingerprint density at radius 2 is 1.30 bits per heavy atom. The first kappa shape index (κ1) is 18.8. The molecular formula is C21H20N2O3S. The van der Waals surface area contributed by atoms with Crippen LogP contribution in [0.15, 0.2) is 95.9 Å². The Bertz CT molecular complexity index is 976. The van der Waals surface area contributed by atoms with Crippen LogP contribution in [0.25, 0.3) is 0 Å². The second kappa shape index (κ2) is 8.62. The standard InChI is InChI=1S/C21H20N2O3S/c24-21(18-10-4-1-5-11-18)23(19-12-6-2-7-13-19)17-16-22-27(25,26)20-14-8-3-9-15-20/h1-15,22H,16-17H2. The summed E-state index contributed by atoms with van der Waals surface area (Å²) in [4.78, 5) is 14.7. The van der Waals surface area contributed by atoms with Gasteiger partial charge in [-0.25, -0.2) is 13.1 Å². The molecule has 0 aromatic heterocycles. The predicted molar refractivity (Wildman–Crippen MR) is 106 cm³/mol. The molecule has 0 atom stereocenters. The third kappa shape index (κ3) is 4.81. The summed E-state index contributed by atoms with van der Waals surface area (Å²) in [5, 5.41) is 0. The fraction of sp³-hybridized carbons (Fsp3) is 0.0952. The summed E-state index contributed by atoms with van der Waals surface area (Å²) >= 11 is 0. The van der Waals surface area contributed by atoms with Gasteiger partial charge in [0.05, 0.1) is 4.90 Å². The third-order valence-electron chi connectivity index (χ3n) is 4.01. The molecule has 3 aromatic rings. The number of anilines is 1. The van der Waals surface area contributed by atoms with E-state index in [1.807, 2.05) is 36.4 Å². The maximum Gasteiger partial charge on any atom is 0.258 e. The number of benzene rings is 3. The van der Waals surface area contributed by atoms with Crippen LogP contribution in [0.1, 0.15) is 10.4 Å². The molecule has 0 spiro atoms. The highest BCUT2D eigenvalue weighted by atomic mass is 32.2. The molecule has 27 heavy (non-hydrogen) atoms. The summed E-state index contributed by atoms with van der Waals surface area (Å²) in [7, 11) is -3.62. The van der Waals surface area contributed by atoms with Crippen LogP contribution >= 0.6 is 0 Å². The van der Waals surface area contributed by atoms with E-state index in [1.54, 1.807) is 47.4 Å². The van der Waals surface area contributed by atoms with E-state index in [2.05, 4.69) is 4.72 Å². The van der Waals surface area contributed by atoms with Crippen LogP contribution in [0, 0.1) is 0 Å². The van der Waals surface area contributed by atoms with Gasteiger partial charge >= 0.3 is 0 Å². The topological polar surface area (TPSA) is 66.5 Å². The largest absolute Gasteiger partial charge is 0.307 e. The number of para-hydroxylation sites is 1. The Balaban J connectivity index is 1.76. The molecule has 0 aliphatic rings. The van der Waals surface area contributed by atoms with Crippen molar-refractivity contribution in [3.05, 3.63) is 96.6 Å². The minimum atomic E-state index is -3.62. The average Bonchev–Trinajstić information content (AvgIpc) is 2.73. The summed E-state index contributed by atoms with van der Waals surface area (Å²) in [5.41, 5.74) is 1.26. The number of nitrogens with one attached hydrogen (secondary N) is 1. The van der Waals surface area contributed by atoms with Crippen LogP contribution in [-0.4, -0.2) is 27.4 Å². The second-order valence-electron chi connectivity index (χ2n) is 5.87. The number of carbonyl (C=O) groups is 1. The highest BCUT2D eigenvalue weighted by Crippen LogP contribution is 2.16. The van der Waals surface area contributed by atoms with Crippen molar-refractivity contribution in [3.63, 3.8) is 0 Å². The van der Waals surface area contributed by atoms with Gasteiger partial charge < -0.3 is 4.90 Å². The van der Waals surface area contributed by atoms with Crippen molar-refractivity contribution < 1.29 is 13.2 Å². The molecule has 0 heterocycles. The van der Waals surface area contributed by atoms with Gasteiger partial charge in [0.2, 0.25) is 10.0 Å². The molecule has 0 bridgehead atoms. The van der Waals surface area contributed by atoms with Crippen molar-refractivity contribution in [1.29, 1.82) is 0 Å². The molecule has 0 aliphatic heterocycles. The van der Waals surface area contributed by atoms with Crippen molar-refractivity contribution in [3.8, 4) is 0 Å². The lowest BCUT2D eigenvalue weighted by Crippen LogP contribution is -2.38. The Morgan fingerprint density at radius 1 is 0.778 bits per heavy atom. The van der Waals surface area contributed by atoms with E-state index >= 15 is 0 Å². The normalized spacial score (nSPS) is 11.1. The first-order valence-electron chi connectivity index (χ1n) is 8.54. The average molecular weight is 380 g/mol. The van der Waals surface area contributed by atoms with E-state index in [0.717, 1.165) is 0 Å². The number of rotatable bonds is 7. The summed E-state index contributed by atoms with van der Waals surface area (Å²) in [5.74, 6) is -0.180. The molecule has 3 rings (SSSR count). The molecule has 3 aromatic carbocycles. The van der Waals surface area contributed by atoms with E-state index in [0.29, 0.717) is 11.3 Å². The maximum atomic E-state index is 12.9. The lowest BCUT2D eigenvalue weighted by Gasteiger charge is -2.23. The summed E-state index contributed by atoms with van der Waals surface area (Å²) in [6.07, 6.45) is 0. The van der Waals surface area contributed by atoms with Gasteiger partial charge in [-0.3, -0.25) is 4.79 Å². The van der Waals surface area contributed by atoms with Gasteiger partial charge in [0.15, 0.2) is 0 Å². The van der Waals surface area contributed by atoms with Crippen molar-refractivity contribution in [2.75, 3.05) is 18.0 Å². The number of nitrogens with zero attached hydrogens (tertiary/aromatic N) is 1. The van der Waals surface area contributed by atoms with Crippen molar-refractivity contribution in [1.82, 2.24) is 4.72 Å². The number of hydrogen-bond acceptors (Lipinski definition) is 3. The van der Waals surface area contributed by atoms with Gasteiger partial charge in [0.25, 0.3) is 5.91 Å². The van der Waals surface area contributed by atoms with Crippen LogP contribution in [0.2, 0.25) is 0 Å². The Morgan fingerprint density at radius 3 is 1.89 bits per heavy atom. The molecular weight excluding hydrogens is 360 g/mol. The SMILES string of the molecule is O=C(c1ccccc1)N(CCNS(=O)(=O)c1ccccc1)c1ccccc1. The van der Waals surface area contributed by atoms with Gasteiger partial charge in [-0.05, 0) is 36.4 Å². The third-order valence-corrected chi connectivity index (χ3v) is 5.49. The quantitative estimate of drug-likeness (QED) is 0.684. The first-order valence-corrected chi connectivity index (χ1v) is 10.0. The van der Waals surface area contributed by atoms with Crippen molar-refractivity contribution in [2.24, 2.45) is 0 Å². The summed E-state index contributed by atoms with van der Waals surface area (Å²) in [6, 6.07) is 26.3. The number of amides is 1. The van der Waals surface area contributed by atoms with Gasteiger partial charge in [-0.15, -0.1) is 0 Å². The van der Waals surface area contributed by atoms with Crippen molar-refractivity contribution >= 4 is 21.6 Å². The van der Waals surface area contributed by atoms with Gasteiger partial charge in [-0.2, -0.15) is 0 Å². The van der Waals surface area contributed by atoms with Crippen molar-refractivity contribution in [2.45, 2.75) is 4.90 Å². The first-order chi connectivity index (χ1) is 13.1. The van der Waals surface area contributed by atoms with E-state index < -0.39 is 10.0 Å². The highest BCUT2D eigenvalue weighted by Gasteiger charge is 2.19. The number of hydrogen-bond donors (Lipinski definition) is 1. The molecule has 0 saturated carbocycles. The van der Waals surface area contributed by atoms with Crippen LogP contribution < -0.4 is 9.62 Å². The molecule has 0 unspecified atom stereocenters. The second-order valence-corrected chi connectivity index (χ2v) is 7.64. The fourth-order valence-electron chi connectivity index (χ4n) is 2.67. The predicted octanol–water partition coefficient (Wildman–Crippen LogP) is 3.31. The molecule has 138 valence electrons. The molecule has 1 amide bonds. The minimum absolute atomic E-state index is 0.102. The lowest BCUT2D eigenvalue weighted by atomic mass is 10.2. The molecule has 5 nitrogen and oxygen atoms in total. The molecule has 1 N–H and O–H groups in total. The van der Waals surface area contributed by atoms with Crippen LogP contribution in [-0.2, 0) is 10.0 Å². The molecule has 0 fully saturated rings. The van der Waals surface area contributed by atoms with Crippen LogP contribution in [0.4, 0.5) is 5.69 Å². The number of sulfonamides is 1. The zero-order chi connectivity index (χ0) is 19.1. The molecule has 0 radical (unpaired) electrons. The smallest absolute Gasteiger partial charge is 0.258 e. The Labute approximate surface area is 159 Å². The molecule has 6 heteroatoms. The maximum absolute atomic E-state index is 12.9. The van der Waals surface area contributed by atoms with Crippen LogP contribution in [0.5, 0.6) is 0 Å². The van der Waals surface area contributed by atoms with E-state index in [-0.39, 0.29) is 23.9 Å². The monoisotopic (exact) mass is 380 g/mol. The minimum Gasteiger partial charge on any atom is -0.307 e. The van der Waals surface area contributed by atoms with E-state index in [4.69, 9.17) is 0 Å². The Hall–Kier alpha value is -2.96. The highest BCUT2D eigenvalue weighted by molar-refractivity contribution is 7.89. The van der Waals surface area contributed by atoms with E-state index in [1.165, 1.54) is 12.1 Å². The number of carbonyl (C=O) groups excluding carboxylic acids is 1. The van der Waals surface area contributed by atoms with E-state index in [9.17, 15) is 13.2 Å². The molecule has 0 aliphatic carbocycles. The van der Waals surface area contributed by atoms with Gasteiger partial charge in [0, 0.05) is 24.3 Å².